The zero-order valence-electron chi connectivity index (χ0n) is 10.6. The molecule has 1 unspecified atom stereocenters. The van der Waals surface area contributed by atoms with Gasteiger partial charge in [-0.3, -0.25) is 10.1 Å². The summed E-state index contributed by atoms with van der Waals surface area (Å²) >= 11 is 0. The summed E-state index contributed by atoms with van der Waals surface area (Å²) in [5, 5.41) is 15.6. The maximum Gasteiger partial charge on any atom is 0.269 e. The Morgan fingerprint density at radius 2 is 1.76 bits per heavy atom. The molecule has 0 saturated heterocycles. The predicted molar refractivity (Wildman–Crippen MR) is 84.3 cm³/mol. The minimum absolute atomic E-state index is 0.0105. The SMILES string of the molecule is O=[N+]([O-])c1ccc(N2N=C(c3ccccc3)SS2=O)cc1. The molecule has 0 saturated carbocycles. The van der Waals surface area contributed by atoms with Crippen LogP contribution in [0, 0.1) is 10.1 Å². The van der Waals surface area contributed by atoms with E-state index in [1.807, 2.05) is 30.3 Å². The Balaban J connectivity index is 1.90. The highest BCUT2D eigenvalue weighted by Crippen LogP contribution is 2.33. The Morgan fingerprint density at radius 1 is 1.10 bits per heavy atom. The molecule has 8 heteroatoms. The molecule has 1 aliphatic rings. The lowest BCUT2D eigenvalue weighted by atomic mass is 10.2. The molecular formula is C13H9N3O3S2. The highest BCUT2D eigenvalue weighted by molar-refractivity contribution is 8.76. The normalized spacial score (nSPS) is 17.6. The first-order valence-electron chi connectivity index (χ1n) is 5.94. The molecule has 0 N–H and O–H groups in total. The van der Waals surface area contributed by atoms with Crippen LogP contribution in [0.3, 0.4) is 0 Å². The third-order valence-electron chi connectivity index (χ3n) is 2.78. The zero-order chi connectivity index (χ0) is 14.8. The van der Waals surface area contributed by atoms with Gasteiger partial charge < -0.3 is 0 Å². The van der Waals surface area contributed by atoms with Crippen molar-refractivity contribution in [3.8, 4) is 0 Å². The van der Waals surface area contributed by atoms with Crippen LogP contribution in [0.1, 0.15) is 5.56 Å². The average molecular weight is 319 g/mol. The van der Waals surface area contributed by atoms with Gasteiger partial charge in [0.05, 0.1) is 10.6 Å². The second kappa shape index (κ2) is 5.66. The van der Waals surface area contributed by atoms with E-state index in [9.17, 15) is 14.3 Å². The van der Waals surface area contributed by atoms with Crippen LogP contribution in [0.4, 0.5) is 11.4 Å². The van der Waals surface area contributed by atoms with Crippen molar-refractivity contribution in [2.24, 2.45) is 5.10 Å². The molecule has 0 amide bonds. The quantitative estimate of drug-likeness (QED) is 0.495. The van der Waals surface area contributed by atoms with Crippen LogP contribution in [0.5, 0.6) is 0 Å². The molecule has 0 spiro atoms. The fourth-order valence-corrected chi connectivity index (χ4v) is 4.18. The smallest absolute Gasteiger partial charge is 0.258 e. The van der Waals surface area contributed by atoms with Gasteiger partial charge in [0.2, 0.25) is 10.0 Å². The van der Waals surface area contributed by atoms with E-state index >= 15 is 0 Å². The van der Waals surface area contributed by atoms with E-state index in [0.717, 1.165) is 16.4 Å². The lowest BCUT2D eigenvalue weighted by Gasteiger charge is -2.09. The first-order chi connectivity index (χ1) is 10.1. The maximum atomic E-state index is 12.1. The van der Waals surface area contributed by atoms with Crippen molar-refractivity contribution in [3.05, 3.63) is 70.3 Å². The fourth-order valence-electron chi connectivity index (χ4n) is 1.77. The number of hydrogen-bond acceptors (Lipinski definition) is 5. The Bertz CT molecular complexity index is 732. The van der Waals surface area contributed by atoms with Gasteiger partial charge in [-0.25, -0.2) is 4.21 Å². The van der Waals surface area contributed by atoms with E-state index in [4.69, 9.17) is 0 Å². The molecule has 1 aliphatic heterocycles. The van der Waals surface area contributed by atoms with E-state index in [-0.39, 0.29) is 5.69 Å². The monoisotopic (exact) mass is 319 g/mol. The summed E-state index contributed by atoms with van der Waals surface area (Å²) in [7, 11) is -0.237. The third-order valence-corrected chi connectivity index (χ3v) is 5.29. The molecule has 106 valence electrons. The van der Waals surface area contributed by atoms with Gasteiger partial charge in [-0.1, -0.05) is 30.3 Å². The van der Waals surface area contributed by atoms with Crippen LogP contribution >= 0.6 is 10.8 Å². The number of hydrogen-bond donors (Lipinski definition) is 0. The standard InChI is InChI=1S/C13H9N3O3S2/c17-16(18)12-8-6-11(7-9-12)15-14-13(20-21(15)19)10-4-2-1-3-5-10/h1-9H. The van der Waals surface area contributed by atoms with Crippen molar-refractivity contribution in [1.29, 1.82) is 0 Å². The van der Waals surface area contributed by atoms with Crippen molar-refractivity contribution >= 4 is 37.2 Å². The molecule has 0 fully saturated rings. The molecule has 1 atom stereocenters. The van der Waals surface area contributed by atoms with Gasteiger partial charge in [-0.2, -0.15) is 9.52 Å². The molecule has 6 nitrogen and oxygen atoms in total. The number of hydrazone groups is 1. The van der Waals surface area contributed by atoms with Gasteiger partial charge in [0, 0.05) is 28.5 Å². The fraction of sp³-hybridized carbons (Fsp3) is 0. The van der Waals surface area contributed by atoms with E-state index in [0.29, 0.717) is 10.7 Å². The summed E-state index contributed by atoms with van der Waals surface area (Å²) in [6, 6.07) is 15.3. The summed E-state index contributed by atoms with van der Waals surface area (Å²) in [5.41, 5.74) is 1.43. The van der Waals surface area contributed by atoms with E-state index in [2.05, 4.69) is 5.10 Å². The largest absolute Gasteiger partial charge is 0.269 e. The average Bonchev–Trinajstić information content (AvgIpc) is 2.90. The van der Waals surface area contributed by atoms with Crippen molar-refractivity contribution in [1.82, 2.24) is 0 Å². The molecule has 0 radical (unpaired) electrons. The molecule has 0 bridgehead atoms. The molecule has 0 aliphatic carbocycles. The summed E-state index contributed by atoms with van der Waals surface area (Å²) in [6.45, 7) is 0. The van der Waals surface area contributed by atoms with Crippen LogP contribution in [0.15, 0.2) is 59.7 Å². The summed E-state index contributed by atoms with van der Waals surface area (Å²) in [4.78, 5) is 10.2. The summed E-state index contributed by atoms with van der Waals surface area (Å²) < 4.78 is 13.5. The van der Waals surface area contributed by atoms with Crippen LogP contribution in [-0.4, -0.2) is 14.2 Å². The molecular weight excluding hydrogens is 310 g/mol. The minimum Gasteiger partial charge on any atom is -0.258 e. The Hall–Kier alpha value is -2.19. The van der Waals surface area contributed by atoms with E-state index in [1.54, 1.807) is 0 Å². The van der Waals surface area contributed by atoms with Crippen LogP contribution in [-0.2, 0) is 10.0 Å². The highest BCUT2D eigenvalue weighted by atomic mass is 33.1. The number of anilines is 1. The second-order valence-corrected chi connectivity index (χ2v) is 6.81. The van der Waals surface area contributed by atoms with Gasteiger partial charge >= 0.3 is 0 Å². The second-order valence-electron chi connectivity index (χ2n) is 4.12. The third kappa shape index (κ3) is 2.81. The number of nitrogens with zero attached hydrogens (tertiary/aromatic N) is 3. The Morgan fingerprint density at radius 3 is 2.38 bits per heavy atom. The zero-order valence-corrected chi connectivity index (χ0v) is 12.2. The summed E-state index contributed by atoms with van der Waals surface area (Å²) in [6.07, 6.45) is 0. The van der Waals surface area contributed by atoms with E-state index in [1.165, 1.54) is 28.7 Å². The number of benzene rings is 2. The lowest BCUT2D eigenvalue weighted by Crippen LogP contribution is -2.11. The number of nitro benzene ring substituents is 1. The Labute approximate surface area is 126 Å². The maximum absolute atomic E-state index is 12.1. The van der Waals surface area contributed by atoms with Gasteiger partial charge in [0.1, 0.15) is 5.04 Å². The number of non-ortho nitro benzene ring substituents is 1. The Kier molecular flexibility index (Phi) is 3.72. The van der Waals surface area contributed by atoms with Crippen LogP contribution < -0.4 is 4.41 Å². The van der Waals surface area contributed by atoms with Gasteiger partial charge in [0.25, 0.3) is 5.69 Å². The van der Waals surface area contributed by atoms with Gasteiger partial charge in [-0.05, 0) is 12.1 Å². The molecule has 1 heterocycles. The first kappa shape index (κ1) is 13.8. The first-order valence-corrected chi connectivity index (χ1v) is 8.38. The van der Waals surface area contributed by atoms with Crippen LogP contribution in [0.2, 0.25) is 0 Å². The predicted octanol–water partition coefficient (Wildman–Crippen LogP) is 3.09. The van der Waals surface area contributed by atoms with Crippen molar-refractivity contribution in [3.63, 3.8) is 0 Å². The molecule has 2 aromatic rings. The highest BCUT2D eigenvalue weighted by Gasteiger charge is 2.26. The van der Waals surface area contributed by atoms with Crippen molar-refractivity contribution < 1.29 is 9.13 Å². The van der Waals surface area contributed by atoms with Crippen LogP contribution in [0.25, 0.3) is 0 Å². The summed E-state index contributed by atoms with van der Waals surface area (Å²) in [5.74, 6) is 0. The van der Waals surface area contributed by atoms with Crippen molar-refractivity contribution in [2.45, 2.75) is 0 Å². The van der Waals surface area contributed by atoms with E-state index < -0.39 is 14.9 Å². The van der Waals surface area contributed by atoms with Crippen molar-refractivity contribution in [2.75, 3.05) is 4.41 Å². The van der Waals surface area contributed by atoms with Gasteiger partial charge in [0.15, 0.2) is 0 Å². The molecule has 2 aromatic carbocycles. The number of rotatable bonds is 3. The minimum atomic E-state index is -1.38. The number of nitro groups is 1. The molecule has 21 heavy (non-hydrogen) atoms. The molecule has 3 rings (SSSR count). The topological polar surface area (TPSA) is 75.8 Å². The van der Waals surface area contributed by atoms with Gasteiger partial charge in [-0.15, -0.1) is 0 Å². The molecule has 0 aromatic heterocycles. The lowest BCUT2D eigenvalue weighted by molar-refractivity contribution is -0.384.